The predicted molar refractivity (Wildman–Crippen MR) is 54.4 cm³/mol. The summed E-state index contributed by atoms with van der Waals surface area (Å²) in [4.78, 5) is 0. The Morgan fingerprint density at radius 2 is 2.23 bits per heavy atom. The Labute approximate surface area is 80.1 Å². The van der Waals surface area contributed by atoms with E-state index in [0.717, 1.165) is 12.2 Å². The van der Waals surface area contributed by atoms with Crippen molar-refractivity contribution in [1.82, 2.24) is 0 Å². The lowest BCUT2D eigenvalue weighted by Gasteiger charge is -2.07. The van der Waals surface area contributed by atoms with Crippen molar-refractivity contribution in [2.75, 3.05) is 0 Å². The topological polar surface area (TPSA) is 39.2 Å². The number of nitrogens with two attached hydrogens (primary N) is 1. The molecule has 1 unspecified atom stereocenters. The molecule has 0 fully saturated rings. The van der Waals surface area contributed by atoms with Gasteiger partial charge in [-0.05, 0) is 18.6 Å². The van der Waals surface area contributed by atoms with Crippen LogP contribution >= 0.6 is 0 Å². The van der Waals surface area contributed by atoms with E-state index in [-0.39, 0.29) is 6.04 Å². The Morgan fingerprint density at radius 1 is 1.38 bits per heavy atom. The largest absolute Gasteiger partial charge is 0.468 e. The Balaban J connectivity index is 2.15. The van der Waals surface area contributed by atoms with Gasteiger partial charge >= 0.3 is 0 Å². The summed E-state index contributed by atoms with van der Waals surface area (Å²) in [5, 5.41) is 0. The van der Waals surface area contributed by atoms with E-state index in [2.05, 4.69) is 6.92 Å². The normalized spacial score (nSPS) is 13.1. The molecule has 0 aliphatic rings. The maximum Gasteiger partial charge on any atom is 0.120 e. The molecule has 0 aliphatic heterocycles. The van der Waals surface area contributed by atoms with Crippen LogP contribution in [0.1, 0.15) is 50.8 Å². The summed E-state index contributed by atoms with van der Waals surface area (Å²) in [5.74, 6) is 0.913. The standard InChI is InChI=1S/C11H19NO/c1-2-3-4-5-7-10(12)11-8-6-9-13-11/h6,8-10H,2-5,7,12H2,1H3. The molecule has 0 aliphatic carbocycles. The molecule has 0 radical (unpaired) electrons. The van der Waals surface area contributed by atoms with Crippen LogP contribution in [0, 0.1) is 0 Å². The Morgan fingerprint density at radius 3 is 2.85 bits per heavy atom. The Kier molecular flexibility index (Phi) is 4.61. The van der Waals surface area contributed by atoms with Gasteiger partial charge in [-0.3, -0.25) is 0 Å². The van der Waals surface area contributed by atoms with Crippen molar-refractivity contribution in [3.8, 4) is 0 Å². The first-order chi connectivity index (χ1) is 6.34. The molecular formula is C11H19NO. The molecule has 0 aromatic carbocycles. The minimum atomic E-state index is 0.0897. The van der Waals surface area contributed by atoms with Crippen LogP contribution in [0.2, 0.25) is 0 Å². The van der Waals surface area contributed by atoms with Crippen molar-refractivity contribution in [1.29, 1.82) is 0 Å². The molecule has 13 heavy (non-hydrogen) atoms. The van der Waals surface area contributed by atoms with Gasteiger partial charge in [0.25, 0.3) is 0 Å². The van der Waals surface area contributed by atoms with Gasteiger partial charge in [-0.15, -0.1) is 0 Å². The monoisotopic (exact) mass is 181 g/mol. The molecule has 0 spiro atoms. The summed E-state index contributed by atoms with van der Waals surface area (Å²) >= 11 is 0. The first-order valence-corrected chi connectivity index (χ1v) is 5.13. The molecule has 0 saturated heterocycles. The van der Waals surface area contributed by atoms with Gasteiger partial charge < -0.3 is 10.2 Å². The fourth-order valence-electron chi connectivity index (χ4n) is 1.44. The van der Waals surface area contributed by atoms with Crippen molar-refractivity contribution in [3.05, 3.63) is 24.2 Å². The first kappa shape index (κ1) is 10.3. The van der Waals surface area contributed by atoms with E-state index in [1.165, 1.54) is 25.7 Å². The number of hydrogen-bond donors (Lipinski definition) is 1. The summed E-state index contributed by atoms with van der Waals surface area (Å²) < 4.78 is 5.23. The van der Waals surface area contributed by atoms with E-state index in [1.807, 2.05) is 12.1 Å². The number of hydrogen-bond acceptors (Lipinski definition) is 2. The molecule has 1 rings (SSSR count). The lowest BCUT2D eigenvalue weighted by Crippen LogP contribution is -2.08. The molecule has 74 valence electrons. The van der Waals surface area contributed by atoms with E-state index < -0.39 is 0 Å². The van der Waals surface area contributed by atoms with Crippen LogP contribution in [0.3, 0.4) is 0 Å². The lowest BCUT2D eigenvalue weighted by molar-refractivity contribution is 0.440. The van der Waals surface area contributed by atoms with Crippen LogP contribution in [-0.2, 0) is 0 Å². The van der Waals surface area contributed by atoms with E-state index in [1.54, 1.807) is 6.26 Å². The lowest BCUT2D eigenvalue weighted by atomic mass is 10.1. The Bertz CT molecular complexity index is 206. The summed E-state index contributed by atoms with van der Waals surface area (Å²) in [6, 6.07) is 3.93. The number of unbranched alkanes of at least 4 members (excludes halogenated alkanes) is 3. The molecular weight excluding hydrogens is 162 g/mol. The Hall–Kier alpha value is -0.760. The van der Waals surface area contributed by atoms with Crippen LogP contribution in [0.15, 0.2) is 22.8 Å². The van der Waals surface area contributed by atoms with Crippen LogP contribution < -0.4 is 5.73 Å². The van der Waals surface area contributed by atoms with E-state index in [0.29, 0.717) is 0 Å². The second-order valence-corrected chi connectivity index (χ2v) is 3.47. The molecule has 1 aromatic rings. The fourth-order valence-corrected chi connectivity index (χ4v) is 1.44. The number of furan rings is 1. The van der Waals surface area contributed by atoms with E-state index >= 15 is 0 Å². The molecule has 0 bridgehead atoms. The van der Waals surface area contributed by atoms with Crippen molar-refractivity contribution in [2.45, 2.75) is 45.1 Å². The average molecular weight is 181 g/mol. The third kappa shape index (κ3) is 3.64. The molecule has 0 amide bonds. The van der Waals surface area contributed by atoms with Crippen molar-refractivity contribution in [2.24, 2.45) is 5.73 Å². The molecule has 1 aromatic heterocycles. The fraction of sp³-hybridized carbons (Fsp3) is 0.636. The van der Waals surface area contributed by atoms with Gasteiger partial charge in [0.05, 0.1) is 12.3 Å². The van der Waals surface area contributed by atoms with Crippen LogP contribution in [0.25, 0.3) is 0 Å². The predicted octanol–water partition coefficient (Wildman–Crippen LogP) is 3.25. The maximum absolute atomic E-state index is 5.93. The molecule has 1 heterocycles. The molecule has 0 saturated carbocycles. The third-order valence-electron chi connectivity index (χ3n) is 2.28. The summed E-state index contributed by atoms with van der Waals surface area (Å²) in [5.41, 5.74) is 5.93. The van der Waals surface area contributed by atoms with Crippen molar-refractivity contribution in [3.63, 3.8) is 0 Å². The third-order valence-corrected chi connectivity index (χ3v) is 2.28. The highest BCUT2D eigenvalue weighted by Gasteiger charge is 2.07. The summed E-state index contributed by atoms with van der Waals surface area (Å²) in [6.45, 7) is 2.21. The number of rotatable bonds is 6. The smallest absolute Gasteiger partial charge is 0.120 e. The average Bonchev–Trinajstić information content (AvgIpc) is 2.65. The van der Waals surface area contributed by atoms with Gasteiger partial charge in [0, 0.05) is 0 Å². The highest BCUT2D eigenvalue weighted by Crippen LogP contribution is 2.17. The van der Waals surface area contributed by atoms with Crippen LogP contribution in [0.4, 0.5) is 0 Å². The van der Waals surface area contributed by atoms with Crippen molar-refractivity contribution < 1.29 is 4.42 Å². The van der Waals surface area contributed by atoms with Crippen molar-refractivity contribution >= 4 is 0 Å². The van der Waals surface area contributed by atoms with E-state index in [4.69, 9.17) is 10.2 Å². The molecule has 1 atom stereocenters. The highest BCUT2D eigenvalue weighted by molar-refractivity contribution is 5.02. The first-order valence-electron chi connectivity index (χ1n) is 5.13. The van der Waals surface area contributed by atoms with Gasteiger partial charge in [0.15, 0.2) is 0 Å². The van der Waals surface area contributed by atoms with Gasteiger partial charge in [0.2, 0.25) is 0 Å². The van der Waals surface area contributed by atoms with Gasteiger partial charge in [-0.25, -0.2) is 0 Å². The zero-order chi connectivity index (χ0) is 9.52. The summed E-state index contributed by atoms with van der Waals surface area (Å²) in [6.07, 6.45) is 7.79. The zero-order valence-electron chi connectivity index (χ0n) is 8.33. The van der Waals surface area contributed by atoms with Gasteiger partial charge in [0.1, 0.15) is 5.76 Å². The van der Waals surface area contributed by atoms with E-state index in [9.17, 15) is 0 Å². The van der Waals surface area contributed by atoms with Crippen LogP contribution in [0.5, 0.6) is 0 Å². The minimum absolute atomic E-state index is 0.0897. The summed E-state index contributed by atoms with van der Waals surface area (Å²) in [7, 11) is 0. The second-order valence-electron chi connectivity index (χ2n) is 3.47. The second kappa shape index (κ2) is 5.81. The molecule has 2 nitrogen and oxygen atoms in total. The SMILES string of the molecule is CCCCCCC(N)c1ccco1. The van der Waals surface area contributed by atoms with Crippen LogP contribution in [-0.4, -0.2) is 0 Å². The minimum Gasteiger partial charge on any atom is -0.468 e. The van der Waals surface area contributed by atoms with Gasteiger partial charge in [-0.2, -0.15) is 0 Å². The quantitative estimate of drug-likeness (QED) is 0.684. The zero-order valence-corrected chi connectivity index (χ0v) is 8.33. The molecule has 2 N–H and O–H groups in total. The highest BCUT2D eigenvalue weighted by atomic mass is 16.3. The molecule has 2 heteroatoms. The maximum atomic E-state index is 5.93. The van der Waals surface area contributed by atoms with Gasteiger partial charge in [-0.1, -0.05) is 32.6 Å².